The van der Waals surface area contributed by atoms with Crippen molar-refractivity contribution in [3.8, 4) is 0 Å². The van der Waals surface area contributed by atoms with Crippen molar-refractivity contribution in [2.75, 3.05) is 19.6 Å². The summed E-state index contributed by atoms with van der Waals surface area (Å²) in [6.45, 7) is 2.62. The summed E-state index contributed by atoms with van der Waals surface area (Å²) in [4.78, 5) is 12.3. The Morgan fingerprint density at radius 1 is 1.50 bits per heavy atom. The van der Waals surface area contributed by atoms with Gasteiger partial charge in [0.05, 0.1) is 6.04 Å². The Kier molecular flexibility index (Phi) is 1.92. The van der Waals surface area contributed by atoms with Crippen molar-refractivity contribution < 1.29 is 9.90 Å². The second-order valence-electron chi connectivity index (χ2n) is 3.58. The molecule has 0 bridgehead atoms. The predicted octanol–water partition coefficient (Wildman–Crippen LogP) is 0.348. The Morgan fingerprint density at radius 3 is 3.08 bits per heavy atom. The number of carboxylic acid groups (broad SMARTS) is 1. The minimum absolute atomic E-state index is 0.247. The van der Waals surface area contributed by atoms with Crippen molar-refractivity contribution in [2.24, 2.45) is 5.92 Å². The number of nitrogens with one attached hydrogen (secondary N) is 1. The molecule has 2 heterocycles. The van der Waals surface area contributed by atoms with Gasteiger partial charge in [-0.25, -0.2) is 4.79 Å². The molecule has 0 aliphatic carbocycles. The molecular formula is C8H14N2O2. The van der Waals surface area contributed by atoms with Gasteiger partial charge in [-0.1, -0.05) is 0 Å². The summed E-state index contributed by atoms with van der Waals surface area (Å²) in [5.74, 6) is 0.613. The van der Waals surface area contributed by atoms with Gasteiger partial charge in [0.2, 0.25) is 0 Å². The second-order valence-corrected chi connectivity index (χ2v) is 3.58. The summed E-state index contributed by atoms with van der Waals surface area (Å²) < 4.78 is 0. The molecule has 0 radical (unpaired) electrons. The molecule has 12 heavy (non-hydrogen) atoms. The van der Waals surface area contributed by atoms with E-state index < -0.39 is 6.09 Å². The van der Waals surface area contributed by atoms with Crippen LogP contribution in [0.5, 0.6) is 0 Å². The first-order valence-corrected chi connectivity index (χ1v) is 4.49. The molecular weight excluding hydrogens is 156 g/mol. The van der Waals surface area contributed by atoms with Crippen molar-refractivity contribution in [1.82, 2.24) is 10.2 Å². The van der Waals surface area contributed by atoms with E-state index >= 15 is 0 Å². The number of likely N-dealkylation sites (tertiary alicyclic amines) is 1. The van der Waals surface area contributed by atoms with Crippen LogP contribution in [0.1, 0.15) is 12.8 Å². The quantitative estimate of drug-likeness (QED) is 0.551. The SMILES string of the molecule is O=C(O)N1CC[C@@H]2CCNC[C@H]21. The zero-order valence-electron chi connectivity index (χ0n) is 6.99. The highest BCUT2D eigenvalue weighted by atomic mass is 16.4. The number of rotatable bonds is 0. The van der Waals surface area contributed by atoms with Crippen LogP contribution in [0.15, 0.2) is 0 Å². The summed E-state index contributed by atoms with van der Waals surface area (Å²) in [6.07, 6.45) is 1.43. The summed E-state index contributed by atoms with van der Waals surface area (Å²) >= 11 is 0. The summed E-state index contributed by atoms with van der Waals surface area (Å²) in [5.41, 5.74) is 0. The Labute approximate surface area is 71.5 Å². The van der Waals surface area contributed by atoms with Crippen molar-refractivity contribution >= 4 is 6.09 Å². The second kappa shape index (κ2) is 2.94. The fourth-order valence-corrected chi connectivity index (χ4v) is 2.31. The number of fused-ring (bicyclic) bond motifs is 1. The number of hydrogen-bond acceptors (Lipinski definition) is 2. The van der Waals surface area contributed by atoms with Crippen LogP contribution in [0.3, 0.4) is 0 Å². The normalized spacial score (nSPS) is 34.8. The average Bonchev–Trinajstić information content (AvgIpc) is 2.47. The number of carbonyl (C=O) groups is 1. The van der Waals surface area contributed by atoms with Crippen LogP contribution in [0.4, 0.5) is 4.79 Å². The third-order valence-corrected chi connectivity index (χ3v) is 2.98. The first-order valence-electron chi connectivity index (χ1n) is 4.49. The molecule has 2 N–H and O–H groups in total. The van der Waals surface area contributed by atoms with Crippen LogP contribution in [0, 0.1) is 5.92 Å². The Hall–Kier alpha value is -0.770. The first kappa shape index (κ1) is 7.86. The fraction of sp³-hybridized carbons (Fsp3) is 0.875. The highest BCUT2D eigenvalue weighted by Gasteiger charge is 2.37. The van der Waals surface area contributed by atoms with E-state index in [1.807, 2.05) is 0 Å². The molecule has 0 aromatic heterocycles. The maximum absolute atomic E-state index is 10.8. The van der Waals surface area contributed by atoms with Crippen molar-refractivity contribution in [3.05, 3.63) is 0 Å². The van der Waals surface area contributed by atoms with E-state index in [1.54, 1.807) is 4.90 Å². The van der Waals surface area contributed by atoms with E-state index in [0.29, 0.717) is 5.92 Å². The van der Waals surface area contributed by atoms with E-state index in [4.69, 9.17) is 5.11 Å². The van der Waals surface area contributed by atoms with Gasteiger partial charge in [0, 0.05) is 13.1 Å². The maximum Gasteiger partial charge on any atom is 0.407 e. The molecule has 2 rings (SSSR count). The van der Waals surface area contributed by atoms with Crippen LogP contribution in [0.2, 0.25) is 0 Å². The smallest absolute Gasteiger partial charge is 0.407 e. The van der Waals surface area contributed by atoms with E-state index in [1.165, 1.54) is 0 Å². The monoisotopic (exact) mass is 170 g/mol. The van der Waals surface area contributed by atoms with Gasteiger partial charge in [0.1, 0.15) is 0 Å². The number of amides is 1. The van der Waals surface area contributed by atoms with E-state index in [9.17, 15) is 4.79 Å². The van der Waals surface area contributed by atoms with Crippen LogP contribution < -0.4 is 5.32 Å². The Morgan fingerprint density at radius 2 is 2.33 bits per heavy atom. The third kappa shape index (κ3) is 1.16. The zero-order valence-corrected chi connectivity index (χ0v) is 6.99. The summed E-state index contributed by atoms with van der Waals surface area (Å²) in [5, 5.41) is 12.1. The largest absolute Gasteiger partial charge is 0.465 e. The van der Waals surface area contributed by atoms with Crippen molar-refractivity contribution in [3.63, 3.8) is 0 Å². The molecule has 2 aliphatic heterocycles. The minimum atomic E-state index is -0.758. The van der Waals surface area contributed by atoms with Crippen molar-refractivity contribution in [2.45, 2.75) is 18.9 Å². The molecule has 1 amide bonds. The lowest BCUT2D eigenvalue weighted by molar-refractivity contribution is 0.128. The van der Waals surface area contributed by atoms with Gasteiger partial charge >= 0.3 is 6.09 Å². The molecule has 0 aromatic rings. The predicted molar refractivity (Wildman–Crippen MR) is 44.1 cm³/mol. The van der Waals surface area contributed by atoms with Gasteiger partial charge in [0.25, 0.3) is 0 Å². The van der Waals surface area contributed by atoms with Crippen LogP contribution >= 0.6 is 0 Å². The number of nitrogens with zero attached hydrogens (tertiary/aromatic N) is 1. The topological polar surface area (TPSA) is 52.6 Å². The van der Waals surface area contributed by atoms with Crippen LogP contribution in [0.25, 0.3) is 0 Å². The standard InChI is InChI=1S/C8H14N2O2/c11-8(12)10-4-2-6-1-3-9-5-7(6)10/h6-7,9H,1-5H2,(H,11,12)/t6-,7+/m0/s1. The molecule has 4 nitrogen and oxygen atoms in total. The van der Waals surface area contributed by atoms with Crippen molar-refractivity contribution in [1.29, 1.82) is 0 Å². The highest BCUT2D eigenvalue weighted by molar-refractivity contribution is 5.66. The van der Waals surface area contributed by atoms with Crippen LogP contribution in [-0.4, -0.2) is 41.8 Å². The highest BCUT2D eigenvalue weighted by Crippen LogP contribution is 2.28. The summed E-state index contributed by atoms with van der Waals surface area (Å²) in [7, 11) is 0. The molecule has 2 aliphatic rings. The van der Waals surface area contributed by atoms with Gasteiger partial charge in [0.15, 0.2) is 0 Å². The van der Waals surface area contributed by atoms with Gasteiger partial charge in [-0.3, -0.25) is 0 Å². The Balaban J connectivity index is 2.05. The van der Waals surface area contributed by atoms with E-state index in [-0.39, 0.29) is 6.04 Å². The minimum Gasteiger partial charge on any atom is -0.465 e. The molecule has 2 saturated heterocycles. The molecule has 68 valence electrons. The summed E-state index contributed by atoms with van der Waals surface area (Å²) in [6, 6.07) is 0.247. The Bertz CT molecular complexity index is 195. The van der Waals surface area contributed by atoms with E-state index in [0.717, 1.165) is 32.5 Å². The lowest BCUT2D eigenvalue weighted by atomic mass is 9.94. The first-order chi connectivity index (χ1) is 5.79. The fourth-order valence-electron chi connectivity index (χ4n) is 2.31. The third-order valence-electron chi connectivity index (χ3n) is 2.98. The maximum atomic E-state index is 10.8. The molecule has 0 aromatic carbocycles. The lowest BCUT2D eigenvalue weighted by Gasteiger charge is -2.30. The molecule has 2 atom stereocenters. The number of piperidine rings is 1. The van der Waals surface area contributed by atoms with Gasteiger partial charge in [-0.15, -0.1) is 0 Å². The molecule has 4 heteroatoms. The number of hydrogen-bond donors (Lipinski definition) is 2. The molecule has 2 fully saturated rings. The molecule has 0 spiro atoms. The van der Waals surface area contributed by atoms with E-state index in [2.05, 4.69) is 5.32 Å². The van der Waals surface area contributed by atoms with Gasteiger partial charge in [-0.05, 0) is 25.3 Å². The van der Waals surface area contributed by atoms with Gasteiger partial charge in [-0.2, -0.15) is 0 Å². The molecule has 0 unspecified atom stereocenters. The van der Waals surface area contributed by atoms with Gasteiger partial charge < -0.3 is 15.3 Å². The molecule has 0 saturated carbocycles. The van der Waals surface area contributed by atoms with Crippen LogP contribution in [-0.2, 0) is 0 Å². The average molecular weight is 170 g/mol. The lowest BCUT2D eigenvalue weighted by Crippen LogP contribution is -2.47. The zero-order chi connectivity index (χ0) is 8.55.